The fourth-order valence-corrected chi connectivity index (χ4v) is 3.52. The second kappa shape index (κ2) is 8.15. The average molecular weight is 349 g/mol. The van der Waals surface area contributed by atoms with Crippen molar-refractivity contribution in [2.24, 2.45) is 0 Å². The first-order valence-electron chi connectivity index (χ1n) is 9.19. The van der Waals surface area contributed by atoms with Crippen LogP contribution in [0.3, 0.4) is 0 Å². The molecular weight excluding hydrogens is 318 g/mol. The van der Waals surface area contributed by atoms with Gasteiger partial charge in [-0.15, -0.1) is 0 Å². The van der Waals surface area contributed by atoms with Gasteiger partial charge in [0.05, 0.1) is 19.2 Å². The summed E-state index contributed by atoms with van der Waals surface area (Å²) >= 11 is 0. The predicted molar refractivity (Wildman–Crippen MR) is 95.7 cm³/mol. The number of nitrogens with one attached hydrogen (secondary N) is 2. The third kappa shape index (κ3) is 6.29. The van der Waals surface area contributed by atoms with Crippen LogP contribution in [0.4, 0.5) is 0 Å². The van der Waals surface area contributed by atoms with Gasteiger partial charge in [0.1, 0.15) is 5.54 Å². The summed E-state index contributed by atoms with van der Waals surface area (Å²) in [5.74, 6) is -0.0294. The smallest absolute Gasteiger partial charge is 0.235 e. The van der Waals surface area contributed by atoms with Gasteiger partial charge >= 0.3 is 0 Å². The normalized spacial score (nSPS) is 21.5. The lowest BCUT2D eigenvalue weighted by atomic mass is 10.00. The fraction of sp³-hybridized carbons (Fsp3) is 0.833. The van der Waals surface area contributed by atoms with E-state index in [1.165, 1.54) is 0 Å². The lowest BCUT2D eigenvalue weighted by Gasteiger charge is -2.35. The maximum Gasteiger partial charge on any atom is 0.235 e. The number of nitrogens with zero attached hydrogens (tertiary/aromatic N) is 3. The summed E-state index contributed by atoms with van der Waals surface area (Å²) in [4.78, 5) is 28.5. The summed E-state index contributed by atoms with van der Waals surface area (Å²) in [6, 6.07) is 2.29. The molecule has 0 aromatic rings. The van der Waals surface area contributed by atoms with Gasteiger partial charge in [0.25, 0.3) is 0 Å². The Balaban J connectivity index is 1.71. The Morgan fingerprint density at radius 2 is 1.48 bits per heavy atom. The SMILES string of the molecule is CC(C)(C)NC(=O)CN1CCN(CC(=O)NC2(C#N)CCCC2)CC1. The minimum atomic E-state index is -0.649. The highest BCUT2D eigenvalue weighted by atomic mass is 16.2. The van der Waals surface area contributed by atoms with Crippen molar-refractivity contribution in [2.45, 2.75) is 57.5 Å². The van der Waals surface area contributed by atoms with Crippen LogP contribution >= 0.6 is 0 Å². The molecule has 2 aliphatic rings. The zero-order valence-corrected chi connectivity index (χ0v) is 15.7. The lowest BCUT2D eigenvalue weighted by Crippen LogP contribution is -2.54. The Morgan fingerprint density at radius 3 is 1.92 bits per heavy atom. The topological polar surface area (TPSA) is 88.5 Å². The number of hydrogen-bond donors (Lipinski definition) is 2. The number of carbonyl (C=O) groups excluding carboxylic acids is 2. The molecule has 0 aromatic carbocycles. The molecule has 2 N–H and O–H groups in total. The molecule has 1 heterocycles. The Bertz CT molecular complexity index is 521. The van der Waals surface area contributed by atoms with E-state index in [2.05, 4.69) is 26.5 Å². The van der Waals surface area contributed by atoms with Crippen molar-refractivity contribution >= 4 is 11.8 Å². The van der Waals surface area contributed by atoms with E-state index >= 15 is 0 Å². The predicted octanol–water partition coefficient (Wildman–Crippen LogP) is 0.471. The van der Waals surface area contributed by atoms with E-state index in [0.29, 0.717) is 13.1 Å². The molecule has 0 unspecified atom stereocenters. The van der Waals surface area contributed by atoms with Crippen LogP contribution in [0.2, 0.25) is 0 Å². The van der Waals surface area contributed by atoms with Gasteiger partial charge in [-0.2, -0.15) is 5.26 Å². The molecule has 2 fully saturated rings. The van der Waals surface area contributed by atoms with Crippen LogP contribution in [0.15, 0.2) is 0 Å². The molecular formula is C18H31N5O2. The first-order chi connectivity index (χ1) is 11.7. The lowest BCUT2D eigenvalue weighted by molar-refractivity contribution is -0.126. The zero-order valence-electron chi connectivity index (χ0n) is 15.7. The van der Waals surface area contributed by atoms with E-state index in [4.69, 9.17) is 0 Å². The fourth-order valence-electron chi connectivity index (χ4n) is 3.52. The van der Waals surface area contributed by atoms with E-state index in [0.717, 1.165) is 51.9 Å². The molecule has 140 valence electrons. The number of piperazine rings is 1. The number of nitriles is 1. The largest absolute Gasteiger partial charge is 0.350 e. The van der Waals surface area contributed by atoms with Crippen molar-refractivity contribution < 1.29 is 9.59 Å². The molecule has 7 nitrogen and oxygen atoms in total. The maximum atomic E-state index is 12.3. The average Bonchev–Trinajstić information content (AvgIpc) is 2.96. The maximum absolute atomic E-state index is 12.3. The van der Waals surface area contributed by atoms with Gasteiger partial charge < -0.3 is 10.6 Å². The summed E-state index contributed by atoms with van der Waals surface area (Å²) in [6.45, 7) is 9.70. The van der Waals surface area contributed by atoms with Gasteiger partial charge in [0, 0.05) is 31.7 Å². The Hall–Kier alpha value is -1.65. The van der Waals surface area contributed by atoms with E-state index in [-0.39, 0.29) is 17.4 Å². The third-order valence-electron chi connectivity index (χ3n) is 4.76. The molecule has 1 saturated carbocycles. The summed E-state index contributed by atoms with van der Waals surface area (Å²) in [7, 11) is 0. The summed E-state index contributed by atoms with van der Waals surface area (Å²) in [5.41, 5.74) is -0.863. The number of carbonyl (C=O) groups is 2. The van der Waals surface area contributed by atoms with Crippen molar-refractivity contribution in [3.05, 3.63) is 0 Å². The van der Waals surface area contributed by atoms with Crippen LogP contribution < -0.4 is 10.6 Å². The molecule has 0 aromatic heterocycles. The molecule has 7 heteroatoms. The van der Waals surface area contributed by atoms with Crippen molar-refractivity contribution in [3.8, 4) is 6.07 Å². The minimum absolute atomic E-state index is 0.0379. The molecule has 2 rings (SSSR count). The van der Waals surface area contributed by atoms with Crippen LogP contribution in [0, 0.1) is 11.3 Å². The number of hydrogen-bond acceptors (Lipinski definition) is 5. The number of rotatable bonds is 5. The highest BCUT2D eigenvalue weighted by molar-refractivity contribution is 5.79. The van der Waals surface area contributed by atoms with E-state index in [9.17, 15) is 14.9 Å². The summed E-state index contributed by atoms with van der Waals surface area (Å²) in [5, 5.41) is 15.3. The third-order valence-corrected chi connectivity index (χ3v) is 4.76. The Morgan fingerprint density at radius 1 is 1.00 bits per heavy atom. The summed E-state index contributed by atoms with van der Waals surface area (Å²) < 4.78 is 0. The van der Waals surface area contributed by atoms with E-state index in [1.807, 2.05) is 20.8 Å². The Kier molecular flexibility index (Phi) is 6.42. The van der Waals surface area contributed by atoms with Gasteiger partial charge in [-0.05, 0) is 46.5 Å². The molecule has 25 heavy (non-hydrogen) atoms. The van der Waals surface area contributed by atoms with Crippen molar-refractivity contribution in [1.82, 2.24) is 20.4 Å². The van der Waals surface area contributed by atoms with Crippen molar-refractivity contribution in [2.75, 3.05) is 39.3 Å². The molecule has 0 atom stereocenters. The van der Waals surface area contributed by atoms with Gasteiger partial charge in [0.2, 0.25) is 11.8 Å². The van der Waals surface area contributed by atoms with Crippen LogP contribution in [-0.4, -0.2) is 72.0 Å². The van der Waals surface area contributed by atoms with Crippen LogP contribution in [0.5, 0.6) is 0 Å². The van der Waals surface area contributed by atoms with Gasteiger partial charge in [-0.25, -0.2) is 0 Å². The van der Waals surface area contributed by atoms with Crippen molar-refractivity contribution in [1.29, 1.82) is 5.26 Å². The second-order valence-electron chi connectivity index (χ2n) is 8.30. The first-order valence-corrected chi connectivity index (χ1v) is 9.19. The molecule has 2 amide bonds. The van der Waals surface area contributed by atoms with Gasteiger partial charge in [-0.1, -0.05) is 0 Å². The first kappa shape index (κ1) is 19.7. The Labute approximate surface area is 150 Å². The number of amides is 2. The van der Waals surface area contributed by atoms with Crippen molar-refractivity contribution in [3.63, 3.8) is 0 Å². The molecule has 1 aliphatic heterocycles. The molecule has 0 bridgehead atoms. The van der Waals surface area contributed by atoms with E-state index in [1.54, 1.807) is 0 Å². The highest BCUT2D eigenvalue weighted by Crippen LogP contribution is 2.28. The standard InChI is InChI=1S/C18H31N5O2/c1-17(2,3)20-15(24)12-22-8-10-23(11-9-22)13-16(25)21-18(14-19)6-4-5-7-18/h4-13H2,1-3H3,(H,20,24)(H,21,25). The monoisotopic (exact) mass is 349 g/mol. The minimum Gasteiger partial charge on any atom is -0.350 e. The summed E-state index contributed by atoms with van der Waals surface area (Å²) in [6.07, 6.45) is 3.52. The quantitative estimate of drug-likeness (QED) is 0.753. The zero-order chi connectivity index (χ0) is 18.5. The molecule has 0 spiro atoms. The highest BCUT2D eigenvalue weighted by Gasteiger charge is 2.35. The molecule has 1 aliphatic carbocycles. The van der Waals surface area contributed by atoms with Gasteiger partial charge in [-0.3, -0.25) is 19.4 Å². The molecule has 1 saturated heterocycles. The second-order valence-corrected chi connectivity index (χ2v) is 8.30. The van der Waals surface area contributed by atoms with E-state index < -0.39 is 5.54 Å². The van der Waals surface area contributed by atoms with Crippen LogP contribution in [0.25, 0.3) is 0 Å². The van der Waals surface area contributed by atoms with Crippen LogP contribution in [-0.2, 0) is 9.59 Å². The molecule has 0 radical (unpaired) electrons. The van der Waals surface area contributed by atoms with Gasteiger partial charge in [0.15, 0.2) is 0 Å². The van der Waals surface area contributed by atoms with Crippen LogP contribution in [0.1, 0.15) is 46.5 Å².